The third kappa shape index (κ3) is 5.54. The first-order valence-corrected chi connectivity index (χ1v) is 7.26. The fourth-order valence-electron chi connectivity index (χ4n) is 2.32. The van der Waals surface area contributed by atoms with Crippen molar-refractivity contribution < 1.29 is 5.11 Å². The van der Waals surface area contributed by atoms with E-state index in [4.69, 9.17) is 5.11 Å². The molecule has 1 aromatic carbocycles. The summed E-state index contributed by atoms with van der Waals surface area (Å²) in [5, 5.41) is 12.5. The van der Waals surface area contributed by atoms with E-state index >= 15 is 0 Å². The van der Waals surface area contributed by atoms with Crippen molar-refractivity contribution in [2.45, 2.75) is 58.4 Å². The van der Waals surface area contributed by atoms with Gasteiger partial charge in [-0.1, -0.05) is 38.8 Å². The molecule has 2 N–H and O–H groups in total. The number of anilines is 1. The fourth-order valence-corrected chi connectivity index (χ4v) is 2.32. The van der Waals surface area contributed by atoms with Crippen LogP contribution < -0.4 is 5.32 Å². The monoisotopic (exact) mass is 249 g/mol. The van der Waals surface area contributed by atoms with Crippen molar-refractivity contribution in [3.05, 3.63) is 29.8 Å². The molecule has 0 bridgehead atoms. The molecule has 0 aliphatic carbocycles. The van der Waals surface area contributed by atoms with Gasteiger partial charge in [-0.25, -0.2) is 0 Å². The van der Waals surface area contributed by atoms with Crippen LogP contribution in [0, 0.1) is 0 Å². The van der Waals surface area contributed by atoms with Crippen LogP contribution in [0.4, 0.5) is 5.69 Å². The lowest BCUT2D eigenvalue weighted by atomic mass is 10.1. The van der Waals surface area contributed by atoms with E-state index in [1.165, 1.54) is 36.9 Å². The Labute approximate surface area is 111 Å². The Morgan fingerprint density at radius 3 is 2.50 bits per heavy atom. The standard InChI is InChI=1S/C16H27NO/c1-3-7-15(8-4-2)17-16-11-5-9-14(13-16)10-6-12-18/h5,9,11,13,15,17-18H,3-4,6-8,10,12H2,1-2H3. The molecule has 0 fully saturated rings. The van der Waals surface area contributed by atoms with E-state index in [1.807, 2.05) is 0 Å². The second-order valence-electron chi connectivity index (χ2n) is 4.95. The lowest BCUT2D eigenvalue weighted by Gasteiger charge is -2.19. The van der Waals surface area contributed by atoms with Gasteiger partial charge in [0.15, 0.2) is 0 Å². The molecule has 0 aromatic heterocycles. The number of aliphatic hydroxyl groups excluding tert-OH is 1. The molecule has 1 rings (SSSR count). The molecule has 2 heteroatoms. The highest BCUT2D eigenvalue weighted by atomic mass is 16.2. The number of hydrogen-bond donors (Lipinski definition) is 2. The molecule has 0 saturated heterocycles. The summed E-state index contributed by atoms with van der Waals surface area (Å²) in [6, 6.07) is 9.18. The maximum atomic E-state index is 8.87. The number of rotatable bonds is 9. The zero-order chi connectivity index (χ0) is 13.2. The Kier molecular flexibility index (Phi) is 7.51. The maximum Gasteiger partial charge on any atom is 0.0434 e. The summed E-state index contributed by atoms with van der Waals surface area (Å²) in [6.45, 7) is 4.75. The van der Waals surface area contributed by atoms with Crippen LogP contribution in [0.2, 0.25) is 0 Å². The lowest BCUT2D eigenvalue weighted by molar-refractivity contribution is 0.288. The van der Waals surface area contributed by atoms with Crippen LogP contribution >= 0.6 is 0 Å². The van der Waals surface area contributed by atoms with Gasteiger partial charge in [0.05, 0.1) is 0 Å². The minimum Gasteiger partial charge on any atom is -0.396 e. The van der Waals surface area contributed by atoms with Crippen molar-refractivity contribution in [2.75, 3.05) is 11.9 Å². The van der Waals surface area contributed by atoms with Gasteiger partial charge in [0.2, 0.25) is 0 Å². The van der Waals surface area contributed by atoms with Gasteiger partial charge in [0, 0.05) is 18.3 Å². The summed E-state index contributed by atoms with van der Waals surface area (Å²) in [5.41, 5.74) is 2.53. The van der Waals surface area contributed by atoms with Crippen LogP contribution in [-0.4, -0.2) is 17.8 Å². The SMILES string of the molecule is CCCC(CCC)Nc1cccc(CCCO)c1. The minimum atomic E-state index is 0.270. The van der Waals surface area contributed by atoms with Crippen molar-refractivity contribution in [1.82, 2.24) is 0 Å². The van der Waals surface area contributed by atoms with Crippen LogP contribution in [-0.2, 0) is 6.42 Å². The van der Waals surface area contributed by atoms with Gasteiger partial charge >= 0.3 is 0 Å². The molecule has 0 heterocycles. The van der Waals surface area contributed by atoms with E-state index in [1.54, 1.807) is 0 Å². The second kappa shape index (κ2) is 8.98. The number of aryl methyl sites for hydroxylation is 1. The van der Waals surface area contributed by atoms with E-state index < -0.39 is 0 Å². The van der Waals surface area contributed by atoms with Crippen LogP contribution in [0.15, 0.2) is 24.3 Å². The Bertz CT molecular complexity index is 319. The fraction of sp³-hybridized carbons (Fsp3) is 0.625. The van der Waals surface area contributed by atoms with Crippen molar-refractivity contribution in [3.63, 3.8) is 0 Å². The summed E-state index contributed by atoms with van der Waals surface area (Å²) in [6.07, 6.45) is 6.71. The van der Waals surface area contributed by atoms with Gasteiger partial charge < -0.3 is 10.4 Å². The topological polar surface area (TPSA) is 32.3 Å². The molecule has 1 aromatic rings. The molecular weight excluding hydrogens is 222 g/mol. The highest BCUT2D eigenvalue weighted by Crippen LogP contribution is 2.16. The van der Waals surface area contributed by atoms with E-state index in [9.17, 15) is 0 Å². The van der Waals surface area contributed by atoms with Crippen LogP contribution in [0.25, 0.3) is 0 Å². The van der Waals surface area contributed by atoms with Crippen LogP contribution in [0.5, 0.6) is 0 Å². The Hall–Kier alpha value is -1.02. The quantitative estimate of drug-likeness (QED) is 0.693. The molecule has 0 unspecified atom stereocenters. The van der Waals surface area contributed by atoms with E-state index in [0.717, 1.165) is 12.8 Å². The number of nitrogens with one attached hydrogen (secondary N) is 1. The largest absolute Gasteiger partial charge is 0.396 e. The second-order valence-corrected chi connectivity index (χ2v) is 4.95. The predicted octanol–water partition coefficient (Wildman–Crippen LogP) is 3.99. The summed E-state index contributed by atoms with van der Waals surface area (Å²) in [7, 11) is 0. The molecule has 0 radical (unpaired) electrons. The summed E-state index contributed by atoms with van der Waals surface area (Å²) in [5.74, 6) is 0. The summed E-state index contributed by atoms with van der Waals surface area (Å²) in [4.78, 5) is 0. The van der Waals surface area contributed by atoms with Crippen LogP contribution in [0.3, 0.4) is 0 Å². The van der Waals surface area contributed by atoms with Gasteiger partial charge in [-0.05, 0) is 43.4 Å². The van der Waals surface area contributed by atoms with Gasteiger partial charge in [-0.15, -0.1) is 0 Å². The predicted molar refractivity (Wildman–Crippen MR) is 79.1 cm³/mol. The Morgan fingerprint density at radius 2 is 1.89 bits per heavy atom. The number of benzene rings is 1. The average Bonchev–Trinajstić information content (AvgIpc) is 2.37. The van der Waals surface area contributed by atoms with Crippen molar-refractivity contribution >= 4 is 5.69 Å². The third-order valence-corrected chi connectivity index (χ3v) is 3.20. The highest BCUT2D eigenvalue weighted by Gasteiger charge is 2.06. The van der Waals surface area contributed by atoms with Crippen molar-refractivity contribution in [1.29, 1.82) is 0 Å². The minimum absolute atomic E-state index is 0.270. The molecule has 0 aliphatic rings. The third-order valence-electron chi connectivity index (χ3n) is 3.20. The molecule has 0 saturated carbocycles. The molecule has 18 heavy (non-hydrogen) atoms. The first-order chi connectivity index (χ1) is 8.80. The van der Waals surface area contributed by atoms with Gasteiger partial charge in [0.25, 0.3) is 0 Å². The number of hydrogen-bond acceptors (Lipinski definition) is 2. The molecule has 102 valence electrons. The summed E-state index contributed by atoms with van der Waals surface area (Å²) >= 11 is 0. The first-order valence-electron chi connectivity index (χ1n) is 7.26. The van der Waals surface area contributed by atoms with Gasteiger partial charge in [-0.2, -0.15) is 0 Å². The normalized spacial score (nSPS) is 10.9. The molecule has 0 aliphatic heterocycles. The Morgan fingerprint density at radius 1 is 1.17 bits per heavy atom. The average molecular weight is 249 g/mol. The van der Waals surface area contributed by atoms with Crippen LogP contribution in [0.1, 0.15) is 51.5 Å². The first kappa shape index (κ1) is 15.0. The summed E-state index contributed by atoms with van der Waals surface area (Å²) < 4.78 is 0. The van der Waals surface area contributed by atoms with E-state index in [-0.39, 0.29) is 6.61 Å². The van der Waals surface area contributed by atoms with E-state index in [0.29, 0.717) is 6.04 Å². The number of aliphatic hydroxyl groups is 1. The van der Waals surface area contributed by atoms with Gasteiger partial charge in [-0.3, -0.25) is 0 Å². The van der Waals surface area contributed by atoms with E-state index in [2.05, 4.69) is 43.4 Å². The molecule has 0 atom stereocenters. The van der Waals surface area contributed by atoms with Crippen molar-refractivity contribution in [3.8, 4) is 0 Å². The molecule has 0 amide bonds. The molecule has 2 nitrogen and oxygen atoms in total. The molecular formula is C16H27NO. The molecule has 0 spiro atoms. The zero-order valence-electron chi connectivity index (χ0n) is 11.8. The zero-order valence-corrected chi connectivity index (χ0v) is 11.8. The smallest absolute Gasteiger partial charge is 0.0434 e. The lowest BCUT2D eigenvalue weighted by Crippen LogP contribution is -2.18. The Balaban J connectivity index is 2.58. The highest BCUT2D eigenvalue weighted by molar-refractivity contribution is 5.46. The van der Waals surface area contributed by atoms with Gasteiger partial charge in [0.1, 0.15) is 0 Å². The van der Waals surface area contributed by atoms with Crippen molar-refractivity contribution in [2.24, 2.45) is 0 Å². The maximum absolute atomic E-state index is 8.87.